The molecule has 2 aliphatic rings. The van der Waals surface area contributed by atoms with E-state index in [0.29, 0.717) is 18.7 Å². The van der Waals surface area contributed by atoms with Crippen molar-refractivity contribution >= 4 is 27.3 Å². The molecule has 2 saturated heterocycles. The van der Waals surface area contributed by atoms with Gasteiger partial charge in [-0.2, -0.15) is 4.31 Å². The van der Waals surface area contributed by atoms with E-state index in [0.717, 1.165) is 25.8 Å². The van der Waals surface area contributed by atoms with Crippen molar-refractivity contribution in [2.24, 2.45) is 0 Å². The van der Waals surface area contributed by atoms with Crippen LogP contribution in [0, 0.1) is 0 Å². The Morgan fingerprint density at radius 2 is 1.71 bits per heavy atom. The van der Waals surface area contributed by atoms with E-state index >= 15 is 0 Å². The molecule has 0 unspecified atom stereocenters. The molecule has 0 bridgehead atoms. The second-order valence-corrected chi connectivity index (χ2v) is 8.55. The number of hydrogen-bond donors (Lipinski definition) is 1. The minimum atomic E-state index is -3.34. The van der Waals surface area contributed by atoms with Crippen LogP contribution in [0.2, 0.25) is 0 Å². The van der Waals surface area contributed by atoms with E-state index in [1.807, 2.05) is 24.3 Å². The van der Waals surface area contributed by atoms with Crippen molar-refractivity contribution in [2.45, 2.75) is 38.1 Å². The molecule has 1 N–H and O–H groups in total. The van der Waals surface area contributed by atoms with Crippen LogP contribution >= 0.6 is 0 Å². The molecule has 2 fully saturated rings. The Kier molecular flexibility index (Phi) is 5.10. The Bertz CT molecular complexity index is 682. The summed E-state index contributed by atoms with van der Waals surface area (Å²) >= 11 is 0. The fraction of sp³-hybridized carbons (Fsp3) is 0.588. The number of carbonyl (C=O) groups excluding carboxylic acids is 1. The molecule has 0 aromatic heterocycles. The van der Waals surface area contributed by atoms with Gasteiger partial charge in [-0.05, 0) is 56.4 Å². The lowest BCUT2D eigenvalue weighted by molar-refractivity contribution is -0.119. The lowest BCUT2D eigenvalue weighted by Gasteiger charge is -2.29. The summed E-state index contributed by atoms with van der Waals surface area (Å²) in [5.41, 5.74) is 1.88. The van der Waals surface area contributed by atoms with Crippen LogP contribution < -0.4 is 10.2 Å². The highest BCUT2D eigenvalue weighted by Crippen LogP contribution is 2.24. The fourth-order valence-corrected chi connectivity index (χ4v) is 4.66. The van der Waals surface area contributed by atoms with Crippen molar-refractivity contribution in [3.05, 3.63) is 24.3 Å². The molecule has 2 aliphatic heterocycles. The van der Waals surface area contributed by atoms with Crippen LogP contribution in [0.25, 0.3) is 0 Å². The van der Waals surface area contributed by atoms with Crippen LogP contribution in [0.5, 0.6) is 0 Å². The average molecular weight is 351 g/mol. The van der Waals surface area contributed by atoms with Gasteiger partial charge in [0.25, 0.3) is 0 Å². The van der Waals surface area contributed by atoms with E-state index in [2.05, 4.69) is 10.2 Å². The SMILES string of the molecule is CS(=O)(=O)N1CCC[C@@H]1C(=O)Nc1ccc(N2CCCCC2)cc1. The highest BCUT2D eigenvalue weighted by molar-refractivity contribution is 7.88. The lowest BCUT2D eigenvalue weighted by atomic mass is 10.1. The maximum Gasteiger partial charge on any atom is 0.242 e. The van der Waals surface area contributed by atoms with Crippen LogP contribution in [0.15, 0.2) is 24.3 Å². The maximum atomic E-state index is 12.4. The molecule has 24 heavy (non-hydrogen) atoms. The van der Waals surface area contributed by atoms with Crippen molar-refractivity contribution < 1.29 is 13.2 Å². The Morgan fingerprint density at radius 3 is 2.33 bits per heavy atom. The molecule has 1 aromatic rings. The third-order valence-electron chi connectivity index (χ3n) is 4.79. The first kappa shape index (κ1) is 17.2. The van der Waals surface area contributed by atoms with Crippen LogP contribution in [0.4, 0.5) is 11.4 Å². The summed E-state index contributed by atoms with van der Waals surface area (Å²) in [5, 5.41) is 2.85. The summed E-state index contributed by atoms with van der Waals surface area (Å²) in [4.78, 5) is 14.8. The van der Waals surface area contributed by atoms with Crippen LogP contribution in [0.1, 0.15) is 32.1 Å². The summed E-state index contributed by atoms with van der Waals surface area (Å²) in [5.74, 6) is -0.247. The van der Waals surface area contributed by atoms with Gasteiger partial charge in [-0.1, -0.05) is 0 Å². The van der Waals surface area contributed by atoms with Gasteiger partial charge in [-0.3, -0.25) is 4.79 Å². The van der Waals surface area contributed by atoms with Crippen LogP contribution in [-0.4, -0.2) is 50.6 Å². The molecule has 0 radical (unpaired) electrons. The predicted octanol–water partition coefficient (Wildman–Crippen LogP) is 2.04. The van der Waals surface area contributed by atoms with Crippen LogP contribution in [-0.2, 0) is 14.8 Å². The highest BCUT2D eigenvalue weighted by atomic mass is 32.2. The number of nitrogens with one attached hydrogen (secondary N) is 1. The van der Waals surface area contributed by atoms with Gasteiger partial charge in [-0.25, -0.2) is 8.42 Å². The molecule has 0 spiro atoms. The topological polar surface area (TPSA) is 69.7 Å². The molecule has 7 heteroatoms. The van der Waals surface area contributed by atoms with E-state index in [1.54, 1.807) is 0 Å². The number of rotatable bonds is 4. The summed E-state index contributed by atoms with van der Waals surface area (Å²) in [7, 11) is -3.34. The molecule has 3 rings (SSSR count). The summed E-state index contributed by atoms with van der Waals surface area (Å²) in [6.07, 6.45) is 6.20. The molecule has 132 valence electrons. The van der Waals surface area contributed by atoms with E-state index in [-0.39, 0.29) is 5.91 Å². The van der Waals surface area contributed by atoms with Gasteiger partial charge in [0.15, 0.2) is 0 Å². The Labute approximate surface area is 143 Å². The second kappa shape index (κ2) is 7.11. The third-order valence-corrected chi connectivity index (χ3v) is 6.08. The van der Waals surface area contributed by atoms with Gasteiger partial charge in [0.2, 0.25) is 15.9 Å². The number of nitrogens with zero attached hydrogens (tertiary/aromatic N) is 2. The maximum absolute atomic E-state index is 12.4. The van der Waals surface area contributed by atoms with Crippen LogP contribution in [0.3, 0.4) is 0 Å². The molecule has 0 aliphatic carbocycles. The van der Waals surface area contributed by atoms with E-state index in [9.17, 15) is 13.2 Å². The highest BCUT2D eigenvalue weighted by Gasteiger charge is 2.36. The second-order valence-electron chi connectivity index (χ2n) is 6.62. The molecule has 1 atom stereocenters. The van der Waals surface area contributed by atoms with Crippen molar-refractivity contribution in [1.82, 2.24) is 4.31 Å². The number of benzene rings is 1. The number of amides is 1. The third kappa shape index (κ3) is 3.89. The lowest BCUT2D eigenvalue weighted by Crippen LogP contribution is -2.42. The standard InChI is InChI=1S/C17H25N3O3S/c1-24(22,23)20-13-5-6-16(20)17(21)18-14-7-9-15(10-8-14)19-11-3-2-4-12-19/h7-10,16H,2-6,11-13H2,1H3,(H,18,21)/t16-/m1/s1. The number of sulfonamides is 1. The Morgan fingerprint density at radius 1 is 1.04 bits per heavy atom. The Balaban J connectivity index is 1.64. The first-order valence-electron chi connectivity index (χ1n) is 8.58. The van der Waals surface area contributed by atoms with Crippen molar-refractivity contribution in [3.63, 3.8) is 0 Å². The van der Waals surface area contributed by atoms with Crippen molar-refractivity contribution in [3.8, 4) is 0 Å². The van der Waals surface area contributed by atoms with Gasteiger partial charge in [0, 0.05) is 31.0 Å². The zero-order valence-electron chi connectivity index (χ0n) is 14.1. The van der Waals surface area contributed by atoms with Gasteiger partial charge in [0.05, 0.1) is 6.26 Å². The summed E-state index contributed by atoms with van der Waals surface area (Å²) < 4.78 is 24.8. The number of piperidine rings is 1. The van der Waals surface area contributed by atoms with Gasteiger partial charge in [-0.15, -0.1) is 0 Å². The average Bonchev–Trinajstić information content (AvgIpc) is 3.06. The predicted molar refractivity (Wildman–Crippen MR) is 95.7 cm³/mol. The van der Waals surface area contributed by atoms with E-state index < -0.39 is 16.1 Å². The fourth-order valence-electron chi connectivity index (χ4n) is 3.53. The molecular weight excluding hydrogens is 326 g/mol. The first-order chi connectivity index (χ1) is 11.4. The summed E-state index contributed by atoms with van der Waals surface area (Å²) in [6, 6.07) is 7.22. The molecular formula is C17H25N3O3S. The van der Waals surface area contributed by atoms with Gasteiger partial charge >= 0.3 is 0 Å². The molecule has 6 nitrogen and oxygen atoms in total. The number of hydrogen-bond acceptors (Lipinski definition) is 4. The van der Waals surface area contributed by atoms with E-state index in [4.69, 9.17) is 0 Å². The number of carbonyl (C=O) groups is 1. The number of anilines is 2. The minimum Gasteiger partial charge on any atom is -0.372 e. The zero-order chi connectivity index (χ0) is 17.2. The Hall–Kier alpha value is -1.60. The molecule has 1 amide bonds. The van der Waals surface area contributed by atoms with Gasteiger partial charge in [0.1, 0.15) is 6.04 Å². The zero-order valence-corrected chi connectivity index (χ0v) is 14.9. The molecule has 0 saturated carbocycles. The largest absolute Gasteiger partial charge is 0.372 e. The smallest absolute Gasteiger partial charge is 0.242 e. The molecule has 1 aromatic carbocycles. The monoisotopic (exact) mass is 351 g/mol. The quantitative estimate of drug-likeness (QED) is 0.901. The normalized spacial score (nSPS) is 22.5. The molecule has 2 heterocycles. The minimum absolute atomic E-state index is 0.247. The van der Waals surface area contributed by atoms with E-state index in [1.165, 1.54) is 29.3 Å². The van der Waals surface area contributed by atoms with Crippen molar-refractivity contribution in [1.29, 1.82) is 0 Å². The summed E-state index contributed by atoms with van der Waals surface area (Å²) in [6.45, 7) is 2.58. The first-order valence-corrected chi connectivity index (χ1v) is 10.4. The van der Waals surface area contributed by atoms with Crippen molar-refractivity contribution in [2.75, 3.05) is 36.1 Å². The van der Waals surface area contributed by atoms with Gasteiger partial charge < -0.3 is 10.2 Å².